The van der Waals surface area contributed by atoms with Crippen molar-refractivity contribution in [2.45, 2.75) is 19.5 Å². The Morgan fingerprint density at radius 1 is 1.19 bits per heavy atom. The van der Waals surface area contributed by atoms with Gasteiger partial charge in [-0.25, -0.2) is 4.98 Å². The number of oxazole rings is 1. The average molecular weight is 298 g/mol. The number of nitrogens with zero attached hydrogens (tertiary/aromatic N) is 2. The highest BCUT2D eigenvalue weighted by atomic mass is 32.1. The van der Waals surface area contributed by atoms with Gasteiger partial charge in [-0.1, -0.05) is 36.4 Å². The van der Waals surface area contributed by atoms with E-state index in [1.807, 2.05) is 30.3 Å². The molecule has 108 valence electrons. The van der Waals surface area contributed by atoms with Crippen molar-refractivity contribution >= 4 is 11.3 Å². The van der Waals surface area contributed by atoms with Gasteiger partial charge in [-0.2, -0.15) is 0 Å². The fourth-order valence-electron chi connectivity index (χ4n) is 2.22. The fourth-order valence-corrected chi connectivity index (χ4v) is 3.06. The lowest BCUT2D eigenvalue weighted by molar-refractivity contribution is 0.231. The van der Waals surface area contributed by atoms with Crippen LogP contribution < -0.4 is 0 Å². The molecule has 0 bridgehead atoms. The average Bonchev–Trinajstić information content (AvgIpc) is 3.19. The molecule has 0 N–H and O–H groups in total. The van der Waals surface area contributed by atoms with Gasteiger partial charge in [-0.05, 0) is 25.4 Å². The van der Waals surface area contributed by atoms with Crippen LogP contribution in [0, 0.1) is 0 Å². The predicted molar refractivity (Wildman–Crippen MR) is 86.1 cm³/mol. The molecule has 2 heterocycles. The number of aromatic nitrogens is 1. The number of hydrogen-bond acceptors (Lipinski definition) is 4. The summed E-state index contributed by atoms with van der Waals surface area (Å²) in [5.74, 6) is 1.57. The molecule has 3 rings (SSSR count). The molecule has 21 heavy (non-hydrogen) atoms. The smallest absolute Gasteiger partial charge is 0.209 e. The van der Waals surface area contributed by atoms with Gasteiger partial charge in [0.2, 0.25) is 5.89 Å². The zero-order valence-corrected chi connectivity index (χ0v) is 13.0. The molecule has 3 nitrogen and oxygen atoms in total. The summed E-state index contributed by atoms with van der Waals surface area (Å²) in [5, 5.41) is 2.11. The van der Waals surface area contributed by atoms with Crippen molar-refractivity contribution in [2.24, 2.45) is 0 Å². The Hall–Kier alpha value is -1.91. The van der Waals surface area contributed by atoms with Crippen LogP contribution in [0.3, 0.4) is 0 Å². The van der Waals surface area contributed by atoms with Crippen molar-refractivity contribution in [3.63, 3.8) is 0 Å². The first-order valence-corrected chi connectivity index (χ1v) is 7.86. The fraction of sp³-hybridized carbons (Fsp3) is 0.235. The SMILES string of the molecule is CC(c1cccs1)N(C)Cc1ncc(-c2ccccc2)o1. The standard InChI is InChI=1S/C17H18N2OS/c1-13(16-9-6-10-21-16)19(2)12-17-18-11-15(20-17)14-7-4-3-5-8-14/h3-11,13H,12H2,1-2H3. The van der Waals surface area contributed by atoms with Crippen molar-refractivity contribution in [1.82, 2.24) is 9.88 Å². The van der Waals surface area contributed by atoms with E-state index in [1.54, 1.807) is 17.5 Å². The van der Waals surface area contributed by atoms with Crippen LogP contribution in [-0.4, -0.2) is 16.9 Å². The van der Waals surface area contributed by atoms with Crippen LogP contribution in [-0.2, 0) is 6.54 Å². The normalized spacial score (nSPS) is 12.7. The molecule has 0 saturated carbocycles. The second-order valence-corrected chi connectivity index (χ2v) is 6.07. The number of thiophene rings is 1. The van der Waals surface area contributed by atoms with E-state index in [4.69, 9.17) is 4.42 Å². The van der Waals surface area contributed by atoms with E-state index in [0.717, 1.165) is 17.2 Å². The van der Waals surface area contributed by atoms with Gasteiger partial charge in [0.25, 0.3) is 0 Å². The maximum Gasteiger partial charge on any atom is 0.209 e. The molecule has 1 atom stereocenters. The van der Waals surface area contributed by atoms with Crippen LogP contribution in [0.1, 0.15) is 23.7 Å². The zero-order chi connectivity index (χ0) is 14.7. The van der Waals surface area contributed by atoms with Gasteiger partial charge >= 0.3 is 0 Å². The largest absolute Gasteiger partial charge is 0.439 e. The lowest BCUT2D eigenvalue weighted by Crippen LogP contribution is -2.21. The molecule has 0 fully saturated rings. The minimum atomic E-state index is 0.358. The molecular weight excluding hydrogens is 280 g/mol. The molecule has 1 unspecified atom stereocenters. The molecule has 3 aromatic rings. The Kier molecular flexibility index (Phi) is 4.18. The van der Waals surface area contributed by atoms with Gasteiger partial charge in [-0.15, -0.1) is 11.3 Å². The molecule has 0 amide bonds. The summed E-state index contributed by atoms with van der Waals surface area (Å²) in [4.78, 5) is 7.99. The van der Waals surface area contributed by atoms with E-state index in [2.05, 4.69) is 41.4 Å². The summed E-state index contributed by atoms with van der Waals surface area (Å²) >= 11 is 1.78. The van der Waals surface area contributed by atoms with Gasteiger partial charge in [0.05, 0.1) is 12.7 Å². The van der Waals surface area contributed by atoms with Crippen LogP contribution in [0.2, 0.25) is 0 Å². The van der Waals surface area contributed by atoms with Crippen LogP contribution in [0.4, 0.5) is 0 Å². The van der Waals surface area contributed by atoms with E-state index in [1.165, 1.54) is 4.88 Å². The topological polar surface area (TPSA) is 29.3 Å². The van der Waals surface area contributed by atoms with Gasteiger partial charge in [0.15, 0.2) is 5.76 Å². The van der Waals surface area contributed by atoms with Gasteiger partial charge in [0.1, 0.15) is 0 Å². The van der Waals surface area contributed by atoms with E-state index in [9.17, 15) is 0 Å². The zero-order valence-electron chi connectivity index (χ0n) is 12.2. The molecule has 0 aliphatic heterocycles. The van der Waals surface area contributed by atoms with Crippen molar-refractivity contribution < 1.29 is 4.42 Å². The maximum atomic E-state index is 5.86. The van der Waals surface area contributed by atoms with Crippen molar-refractivity contribution in [3.05, 3.63) is 64.8 Å². The predicted octanol–water partition coefficient (Wildman–Crippen LogP) is 4.60. The maximum absolute atomic E-state index is 5.86. The summed E-state index contributed by atoms with van der Waals surface area (Å²) in [6.45, 7) is 2.90. The van der Waals surface area contributed by atoms with Crippen LogP contribution in [0.25, 0.3) is 11.3 Å². The Bertz CT molecular complexity index is 676. The van der Waals surface area contributed by atoms with E-state index < -0.39 is 0 Å². The van der Waals surface area contributed by atoms with Crippen LogP contribution in [0.15, 0.2) is 58.5 Å². The number of hydrogen-bond donors (Lipinski definition) is 0. The highest BCUT2D eigenvalue weighted by Gasteiger charge is 2.15. The lowest BCUT2D eigenvalue weighted by Gasteiger charge is -2.22. The molecule has 0 aliphatic carbocycles. The first-order valence-electron chi connectivity index (χ1n) is 6.98. The first-order chi connectivity index (χ1) is 10.2. The molecule has 4 heteroatoms. The molecule has 0 aliphatic rings. The summed E-state index contributed by atoms with van der Waals surface area (Å²) in [6.07, 6.45) is 1.80. The monoisotopic (exact) mass is 298 g/mol. The molecule has 0 saturated heterocycles. The van der Waals surface area contributed by atoms with Gasteiger partial charge in [-0.3, -0.25) is 4.90 Å². The second-order valence-electron chi connectivity index (χ2n) is 5.09. The van der Waals surface area contributed by atoms with E-state index in [-0.39, 0.29) is 0 Å². The minimum absolute atomic E-state index is 0.358. The van der Waals surface area contributed by atoms with E-state index >= 15 is 0 Å². The van der Waals surface area contributed by atoms with Crippen molar-refractivity contribution in [2.75, 3.05) is 7.05 Å². The molecule has 0 spiro atoms. The molecule has 1 aromatic carbocycles. The minimum Gasteiger partial charge on any atom is -0.439 e. The Labute approximate surface area is 128 Å². The third-order valence-electron chi connectivity index (χ3n) is 3.61. The highest BCUT2D eigenvalue weighted by molar-refractivity contribution is 7.10. The molecular formula is C17H18N2OS. The summed E-state index contributed by atoms with van der Waals surface area (Å²) in [7, 11) is 2.09. The quantitative estimate of drug-likeness (QED) is 0.689. The summed E-state index contributed by atoms with van der Waals surface area (Å²) in [5.41, 5.74) is 1.06. The highest BCUT2D eigenvalue weighted by Crippen LogP contribution is 2.26. The first kappa shape index (κ1) is 14.0. The van der Waals surface area contributed by atoms with Crippen LogP contribution >= 0.6 is 11.3 Å². The number of benzene rings is 1. The number of rotatable bonds is 5. The van der Waals surface area contributed by atoms with E-state index in [0.29, 0.717) is 12.6 Å². The summed E-state index contributed by atoms with van der Waals surface area (Å²) < 4.78 is 5.86. The lowest BCUT2D eigenvalue weighted by atomic mass is 10.2. The third kappa shape index (κ3) is 3.23. The molecule has 0 radical (unpaired) electrons. The second kappa shape index (κ2) is 6.24. The Morgan fingerprint density at radius 3 is 2.71 bits per heavy atom. The van der Waals surface area contributed by atoms with Gasteiger partial charge in [0, 0.05) is 16.5 Å². The Balaban J connectivity index is 1.70. The molecule has 2 aromatic heterocycles. The van der Waals surface area contributed by atoms with Crippen molar-refractivity contribution in [1.29, 1.82) is 0 Å². The third-order valence-corrected chi connectivity index (χ3v) is 4.66. The van der Waals surface area contributed by atoms with Crippen molar-refractivity contribution in [3.8, 4) is 11.3 Å². The van der Waals surface area contributed by atoms with Crippen LogP contribution in [0.5, 0.6) is 0 Å². The summed E-state index contributed by atoms with van der Waals surface area (Å²) in [6, 6.07) is 14.7. The Morgan fingerprint density at radius 2 is 2.00 bits per heavy atom. The van der Waals surface area contributed by atoms with Gasteiger partial charge < -0.3 is 4.42 Å².